The molecule has 36 heavy (non-hydrogen) atoms. The molecular formula is C29H33FN2O4. The van der Waals surface area contributed by atoms with Crippen molar-refractivity contribution in [1.82, 2.24) is 10.3 Å². The first-order valence-corrected chi connectivity index (χ1v) is 13.0. The first-order chi connectivity index (χ1) is 17.4. The Morgan fingerprint density at radius 1 is 1.22 bits per heavy atom. The molecule has 2 heterocycles. The van der Waals surface area contributed by atoms with Crippen LogP contribution in [0.3, 0.4) is 0 Å². The second kappa shape index (κ2) is 10.4. The highest BCUT2D eigenvalue weighted by Gasteiger charge is 2.54. The van der Waals surface area contributed by atoms with Crippen LogP contribution < -0.4 is 5.32 Å². The number of hydrogen-bond donors (Lipinski definition) is 1. The molecule has 7 atom stereocenters. The van der Waals surface area contributed by atoms with Crippen LogP contribution in [0.1, 0.15) is 45.2 Å². The lowest BCUT2D eigenvalue weighted by Gasteiger charge is -2.47. The van der Waals surface area contributed by atoms with Crippen molar-refractivity contribution in [2.45, 2.75) is 51.7 Å². The predicted molar refractivity (Wildman–Crippen MR) is 134 cm³/mol. The molecule has 1 aliphatic heterocycles. The van der Waals surface area contributed by atoms with Crippen molar-refractivity contribution in [1.29, 1.82) is 0 Å². The summed E-state index contributed by atoms with van der Waals surface area (Å²) in [6.07, 6.45) is 9.07. The molecular weight excluding hydrogens is 459 g/mol. The van der Waals surface area contributed by atoms with Crippen LogP contribution in [0.25, 0.3) is 17.2 Å². The molecule has 1 aromatic heterocycles. The summed E-state index contributed by atoms with van der Waals surface area (Å²) in [4.78, 5) is 29.2. The minimum Gasteiger partial charge on any atom is -0.462 e. The number of alkyl carbamates (subject to hydrolysis) is 1. The molecule has 2 aromatic rings. The fourth-order valence-electron chi connectivity index (χ4n) is 6.64. The predicted octanol–water partition coefficient (Wildman–Crippen LogP) is 5.63. The van der Waals surface area contributed by atoms with Gasteiger partial charge in [-0.1, -0.05) is 24.3 Å². The van der Waals surface area contributed by atoms with Crippen LogP contribution >= 0.6 is 0 Å². The average Bonchev–Trinajstić information content (AvgIpc) is 3.15. The van der Waals surface area contributed by atoms with Crippen molar-refractivity contribution in [3.63, 3.8) is 0 Å². The Hall–Kier alpha value is -3.22. The van der Waals surface area contributed by atoms with Gasteiger partial charge in [-0.05, 0) is 87.1 Å². The number of fused-ring (bicyclic) bond motifs is 2. The molecule has 2 aliphatic carbocycles. The number of aromatic nitrogens is 1. The van der Waals surface area contributed by atoms with Crippen LogP contribution in [-0.4, -0.2) is 35.8 Å². The van der Waals surface area contributed by atoms with E-state index in [1.165, 1.54) is 12.1 Å². The van der Waals surface area contributed by atoms with Gasteiger partial charge in [0.2, 0.25) is 0 Å². The van der Waals surface area contributed by atoms with Crippen molar-refractivity contribution in [3.8, 4) is 11.1 Å². The molecule has 1 amide bonds. The summed E-state index contributed by atoms with van der Waals surface area (Å²) < 4.78 is 24.3. The zero-order valence-electron chi connectivity index (χ0n) is 20.7. The zero-order chi connectivity index (χ0) is 25.2. The number of benzene rings is 1. The summed E-state index contributed by atoms with van der Waals surface area (Å²) >= 11 is 0. The highest BCUT2D eigenvalue weighted by Crippen LogP contribution is 2.53. The van der Waals surface area contributed by atoms with E-state index in [0.29, 0.717) is 18.4 Å². The topological polar surface area (TPSA) is 77.5 Å². The zero-order valence-corrected chi connectivity index (χ0v) is 20.7. The third-order valence-corrected chi connectivity index (χ3v) is 8.18. The summed E-state index contributed by atoms with van der Waals surface area (Å²) in [6.45, 7) is 4.15. The fourth-order valence-corrected chi connectivity index (χ4v) is 6.64. The van der Waals surface area contributed by atoms with Gasteiger partial charge in [0.25, 0.3) is 0 Å². The van der Waals surface area contributed by atoms with Crippen molar-refractivity contribution in [2.75, 3.05) is 6.61 Å². The van der Waals surface area contributed by atoms with Crippen LogP contribution in [0.4, 0.5) is 9.18 Å². The number of halogens is 1. The number of hydrogen-bond acceptors (Lipinski definition) is 5. The number of nitrogens with one attached hydrogen (secondary N) is 1. The van der Waals surface area contributed by atoms with Gasteiger partial charge in [0.05, 0.1) is 18.2 Å². The molecule has 190 valence electrons. The van der Waals surface area contributed by atoms with Crippen LogP contribution in [-0.2, 0) is 14.3 Å². The molecule has 3 fully saturated rings. The number of pyridine rings is 1. The molecule has 0 unspecified atom stereocenters. The van der Waals surface area contributed by atoms with E-state index < -0.39 is 0 Å². The van der Waals surface area contributed by atoms with Crippen molar-refractivity contribution in [2.24, 2.45) is 29.6 Å². The molecule has 6 nitrogen and oxygen atoms in total. The largest absolute Gasteiger partial charge is 0.462 e. The van der Waals surface area contributed by atoms with Gasteiger partial charge in [-0.3, -0.25) is 9.78 Å². The Morgan fingerprint density at radius 2 is 2.08 bits per heavy atom. The Morgan fingerprint density at radius 3 is 2.83 bits per heavy atom. The number of carbonyl (C=O) groups is 2. The van der Waals surface area contributed by atoms with E-state index in [0.717, 1.165) is 42.5 Å². The third-order valence-electron chi connectivity index (χ3n) is 8.18. The van der Waals surface area contributed by atoms with Crippen LogP contribution in [0.2, 0.25) is 0 Å². The van der Waals surface area contributed by atoms with Gasteiger partial charge in [0.1, 0.15) is 11.9 Å². The molecule has 3 aliphatic rings. The van der Waals surface area contributed by atoms with Gasteiger partial charge in [-0.15, -0.1) is 0 Å². The third kappa shape index (κ3) is 5.01. The quantitative estimate of drug-likeness (QED) is 0.548. The minimum absolute atomic E-state index is 0.0679. The monoisotopic (exact) mass is 492 g/mol. The number of esters is 1. The van der Waals surface area contributed by atoms with Gasteiger partial charge in [-0.2, -0.15) is 0 Å². The van der Waals surface area contributed by atoms with E-state index in [1.54, 1.807) is 19.2 Å². The lowest BCUT2D eigenvalue weighted by molar-refractivity contribution is -0.144. The first-order valence-electron chi connectivity index (χ1n) is 13.0. The highest BCUT2D eigenvalue weighted by atomic mass is 19.1. The van der Waals surface area contributed by atoms with Crippen LogP contribution in [0, 0.1) is 35.4 Å². The number of nitrogens with zero attached hydrogens (tertiary/aromatic N) is 1. The van der Waals surface area contributed by atoms with Crippen LogP contribution in [0.5, 0.6) is 0 Å². The normalized spacial score (nSPS) is 31.4. The highest BCUT2D eigenvalue weighted by molar-refractivity contribution is 5.75. The van der Waals surface area contributed by atoms with E-state index in [2.05, 4.69) is 16.4 Å². The van der Waals surface area contributed by atoms with Gasteiger partial charge in [0.15, 0.2) is 0 Å². The van der Waals surface area contributed by atoms with Crippen molar-refractivity contribution >= 4 is 18.1 Å². The fraction of sp³-hybridized carbons (Fsp3) is 0.483. The van der Waals surface area contributed by atoms with Gasteiger partial charge >= 0.3 is 12.1 Å². The Labute approximate surface area is 211 Å². The van der Waals surface area contributed by atoms with Crippen molar-refractivity contribution < 1.29 is 23.5 Å². The van der Waals surface area contributed by atoms with Crippen molar-refractivity contribution in [3.05, 3.63) is 60.2 Å². The summed E-state index contributed by atoms with van der Waals surface area (Å²) in [5.41, 5.74) is 2.48. The molecule has 7 heteroatoms. The molecule has 2 saturated carbocycles. The number of ether oxygens (including phenoxy) is 2. The maximum absolute atomic E-state index is 13.6. The van der Waals surface area contributed by atoms with E-state index in [1.807, 2.05) is 31.2 Å². The minimum atomic E-state index is -0.368. The molecule has 5 rings (SSSR count). The lowest BCUT2D eigenvalue weighted by Crippen LogP contribution is -2.48. The smallest absolute Gasteiger partial charge is 0.407 e. The summed E-state index contributed by atoms with van der Waals surface area (Å²) in [5.74, 6) is 0.629. The second-order valence-electron chi connectivity index (χ2n) is 10.3. The Kier molecular flexibility index (Phi) is 7.08. The first kappa shape index (κ1) is 24.5. The summed E-state index contributed by atoms with van der Waals surface area (Å²) in [7, 11) is 0. The molecule has 0 bridgehead atoms. The molecule has 1 N–H and O–H groups in total. The number of allylic oxidation sites excluding steroid dienone is 1. The lowest BCUT2D eigenvalue weighted by atomic mass is 9.57. The maximum atomic E-state index is 13.6. The summed E-state index contributed by atoms with van der Waals surface area (Å²) in [5, 5.41) is 3.00. The van der Waals surface area contributed by atoms with Gasteiger partial charge in [0, 0.05) is 23.7 Å². The van der Waals surface area contributed by atoms with Gasteiger partial charge < -0.3 is 14.8 Å². The number of carbonyl (C=O) groups excluding carboxylic acids is 2. The molecule has 1 saturated heterocycles. The van der Waals surface area contributed by atoms with E-state index in [4.69, 9.17) is 9.47 Å². The molecule has 1 aromatic carbocycles. The number of rotatable bonds is 5. The molecule has 0 radical (unpaired) electrons. The Bertz CT molecular complexity index is 1130. The SMILES string of the molecule is CCOC(=O)N[C@@H]1CC[C@@H]2[C@@H](C1)C[C@H]1C(=O)O[C@H](C)[C@H]1[C@@H]2C=Cc1ccc(-c2cccc(F)c2)cn1. The molecule has 0 spiro atoms. The summed E-state index contributed by atoms with van der Waals surface area (Å²) in [6, 6.07) is 10.4. The van der Waals surface area contributed by atoms with Gasteiger partial charge in [-0.25, -0.2) is 9.18 Å². The average molecular weight is 493 g/mol. The van der Waals surface area contributed by atoms with E-state index in [9.17, 15) is 14.0 Å². The standard InChI is InChI=1S/C29H33FN2O4/c1-3-35-29(34)32-23-10-11-24-20(14-23)15-26-27(17(2)36-28(26)33)25(24)12-9-22-8-7-19(16-31-22)18-5-4-6-21(30)13-18/h4-9,12-13,16-17,20,23-27H,3,10-11,14-15H2,1-2H3,(H,32,34)/t17-,20+,23-,24-,25-,26-,27+/m1/s1. The maximum Gasteiger partial charge on any atom is 0.407 e. The Balaban J connectivity index is 1.34. The van der Waals surface area contributed by atoms with Crippen LogP contribution in [0.15, 0.2) is 48.7 Å². The second-order valence-corrected chi connectivity index (χ2v) is 10.3. The number of cyclic esters (lactones) is 1. The van der Waals surface area contributed by atoms with E-state index >= 15 is 0 Å². The number of amides is 1. The van der Waals surface area contributed by atoms with E-state index in [-0.39, 0.29) is 47.8 Å².